The molecule has 2 atom stereocenters. The highest BCUT2D eigenvalue weighted by molar-refractivity contribution is 5.93. The first-order valence-corrected chi connectivity index (χ1v) is 12.1. The van der Waals surface area contributed by atoms with E-state index in [1.807, 2.05) is 5.32 Å². The Balaban J connectivity index is 1.39. The summed E-state index contributed by atoms with van der Waals surface area (Å²) in [7, 11) is 0. The Kier molecular flexibility index (Phi) is 7.03. The average molecular weight is 578 g/mol. The van der Waals surface area contributed by atoms with Crippen molar-refractivity contribution in [3.8, 4) is 0 Å². The number of hydrogen-bond donors (Lipinski definition) is 2. The van der Waals surface area contributed by atoms with Gasteiger partial charge in [-0.1, -0.05) is 0 Å². The quantitative estimate of drug-likeness (QED) is 0.408. The van der Waals surface area contributed by atoms with Crippen molar-refractivity contribution >= 4 is 17.6 Å². The van der Waals surface area contributed by atoms with Crippen LogP contribution in [0.5, 0.6) is 0 Å². The number of amides is 3. The molecule has 0 radical (unpaired) electrons. The molecule has 1 saturated carbocycles. The van der Waals surface area contributed by atoms with E-state index in [9.17, 15) is 40.3 Å². The van der Waals surface area contributed by atoms with Gasteiger partial charge in [0.25, 0.3) is 12.3 Å². The smallest absolute Gasteiger partial charge is 0.342 e. The molecule has 0 aromatic carbocycles. The summed E-state index contributed by atoms with van der Waals surface area (Å²) in [5.74, 6) is -4.49. The molecule has 2 aliphatic rings. The van der Waals surface area contributed by atoms with Crippen molar-refractivity contribution < 1.29 is 45.0 Å². The number of halogens is 7. The van der Waals surface area contributed by atoms with Gasteiger partial charge in [-0.2, -0.15) is 18.3 Å². The van der Waals surface area contributed by atoms with E-state index in [2.05, 4.69) is 30.3 Å². The van der Waals surface area contributed by atoms with Crippen molar-refractivity contribution in [3.05, 3.63) is 41.1 Å². The molecule has 3 amide bonds. The number of carbonyl (C=O) groups excluding carboxylic acids is 2. The minimum atomic E-state index is -4.61. The summed E-state index contributed by atoms with van der Waals surface area (Å²) in [6, 6.07) is -2.44. The van der Waals surface area contributed by atoms with Crippen LogP contribution in [0, 0.1) is 5.92 Å². The molecule has 11 nitrogen and oxygen atoms in total. The molecule has 3 aromatic rings. The molecule has 216 valence electrons. The summed E-state index contributed by atoms with van der Waals surface area (Å²) in [5, 5.41) is 14.8. The highest BCUT2D eigenvalue weighted by Gasteiger charge is 2.47. The van der Waals surface area contributed by atoms with E-state index < -0.39 is 79.2 Å². The van der Waals surface area contributed by atoms with Crippen molar-refractivity contribution in [1.29, 1.82) is 0 Å². The van der Waals surface area contributed by atoms with E-state index in [-0.39, 0.29) is 30.7 Å². The standard InChI is InChI=1S/C22H21F7N8O3/c23-18(24)16-17(35-40-34-16)19(38)33-15(11-1-3-21(25,26)4-2-11)12-8-37-14(31-12)5-10(6-30-37)7-36-9-13(22(27,28)29)32-20(36)39/h5-6,8,11,13,15,18H,1-4,7,9H2,(H,32,39)(H,33,38)/t13-,15-/m0/s1. The van der Waals surface area contributed by atoms with Crippen LogP contribution in [0.3, 0.4) is 0 Å². The fourth-order valence-corrected chi connectivity index (χ4v) is 4.84. The molecule has 2 fully saturated rings. The molecule has 1 aliphatic carbocycles. The number of carbonyl (C=O) groups is 2. The molecule has 18 heteroatoms. The maximum absolute atomic E-state index is 13.8. The summed E-state index contributed by atoms with van der Waals surface area (Å²) >= 11 is 0. The second-order valence-electron chi connectivity index (χ2n) is 9.70. The monoisotopic (exact) mass is 578 g/mol. The highest BCUT2D eigenvalue weighted by Crippen LogP contribution is 2.41. The molecule has 0 spiro atoms. The Morgan fingerprint density at radius 1 is 1.23 bits per heavy atom. The van der Waals surface area contributed by atoms with E-state index in [0.29, 0.717) is 5.56 Å². The van der Waals surface area contributed by atoms with Gasteiger partial charge in [0.2, 0.25) is 11.6 Å². The molecule has 1 saturated heterocycles. The molecule has 1 aliphatic heterocycles. The van der Waals surface area contributed by atoms with Crippen molar-refractivity contribution in [2.75, 3.05) is 6.54 Å². The third-order valence-corrected chi connectivity index (χ3v) is 6.93. The fourth-order valence-electron chi connectivity index (χ4n) is 4.84. The molecule has 2 N–H and O–H groups in total. The van der Waals surface area contributed by atoms with E-state index >= 15 is 0 Å². The van der Waals surface area contributed by atoms with Crippen LogP contribution in [0.1, 0.15) is 65.6 Å². The van der Waals surface area contributed by atoms with Crippen LogP contribution >= 0.6 is 0 Å². The first kappa shape index (κ1) is 27.6. The normalized spacial score (nSPS) is 20.8. The molecule has 4 heterocycles. The van der Waals surface area contributed by atoms with Crippen LogP contribution in [-0.4, -0.2) is 66.4 Å². The third kappa shape index (κ3) is 5.65. The van der Waals surface area contributed by atoms with E-state index in [0.717, 1.165) is 4.90 Å². The predicted molar refractivity (Wildman–Crippen MR) is 118 cm³/mol. The predicted octanol–water partition coefficient (Wildman–Crippen LogP) is 3.80. The SMILES string of the molecule is O=C(N[C@H](c1cn2ncc(CN3C[C@@H](C(F)(F)F)NC3=O)cc2n1)C1CCC(F)(F)CC1)c1nonc1C(F)F. The Morgan fingerprint density at radius 3 is 2.60 bits per heavy atom. The molecule has 40 heavy (non-hydrogen) atoms. The van der Waals surface area contributed by atoms with E-state index in [4.69, 9.17) is 0 Å². The van der Waals surface area contributed by atoms with Gasteiger partial charge in [-0.3, -0.25) is 4.79 Å². The van der Waals surface area contributed by atoms with Gasteiger partial charge in [-0.05, 0) is 40.7 Å². The Hall–Kier alpha value is -3.99. The molecular weight excluding hydrogens is 557 g/mol. The van der Waals surface area contributed by atoms with Crippen LogP contribution in [0.2, 0.25) is 0 Å². The van der Waals surface area contributed by atoms with Crippen LogP contribution in [0.15, 0.2) is 23.1 Å². The summed E-state index contributed by atoms with van der Waals surface area (Å²) in [6.45, 7) is -0.789. The number of urea groups is 1. The summed E-state index contributed by atoms with van der Waals surface area (Å²) in [4.78, 5) is 30.2. The first-order valence-electron chi connectivity index (χ1n) is 12.1. The molecule has 0 unspecified atom stereocenters. The lowest BCUT2D eigenvalue weighted by molar-refractivity contribution is -0.149. The number of hydrogen-bond acceptors (Lipinski definition) is 7. The summed E-state index contributed by atoms with van der Waals surface area (Å²) in [5.41, 5.74) is -1.01. The second kappa shape index (κ2) is 10.2. The summed E-state index contributed by atoms with van der Waals surface area (Å²) in [6.07, 6.45) is -5.95. The van der Waals surface area contributed by atoms with Crippen molar-refractivity contribution in [2.24, 2.45) is 5.92 Å². The topological polar surface area (TPSA) is 131 Å². The van der Waals surface area contributed by atoms with Gasteiger partial charge in [0.1, 0.15) is 6.04 Å². The van der Waals surface area contributed by atoms with Gasteiger partial charge in [-0.25, -0.2) is 36.5 Å². The number of rotatable bonds is 7. The minimum absolute atomic E-state index is 0.00624. The molecule has 0 bridgehead atoms. The number of alkyl halides is 7. The maximum atomic E-state index is 13.8. The number of aromatic nitrogens is 5. The lowest BCUT2D eigenvalue weighted by Gasteiger charge is -2.33. The molecule has 5 rings (SSSR count). The van der Waals surface area contributed by atoms with E-state index in [1.165, 1.54) is 23.0 Å². The Bertz CT molecular complexity index is 1400. The first-order chi connectivity index (χ1) is 18.8. The Labute approximate surface area is 220 Å². The average Bonchev–Trinajstić information content (AvgIpc) is 3.61. The second-order valence-corrected chi connectivity index (χ2v) is 9.70. The molecule has 3 aromatic heterocycles. The van der Waals surface area contributed by atoms with Crippen molar-refractivity contribution in [1.82, 2.24) is 40.4 Å². The van der Waals surface area contributed by atoms with Crippen LogP contribution in [0.4, 0.5) is 35.5 Å². The van der Waals surface area contributed by atoms with Gasteiger partial charge < -0.3 is 15.5 Å². The largest absolute Gasteiger partial charge is 0.410 e. The third-order valence-electron chi connectivity index (χ3n) is 6.93. The van der Waals surface area contributed by atoms with Crippen LogP contribution in [0.25, 0.3) is 5.65 Å². The zero-order chi connectivity index (χ0) is 28.8. The number of nitrogens with zero attached hydrogens (tertiary/aromatic N) is 6. The van der Waals surface area contributed by atoms with Gasteiger partial charge in [0.15, 0.2) is 11.3 Å². The van der Waals surface area contributed by atoms with E-state index in [1.54, 1.807) is 0 Å². The van der Waals surface area contributed by atoms with Gasteiger partial charge in [0.05, 0.1) is 30.7 Å². The van der Waals surface area contributed by atoms with Gasteiger partial charge >= 0.3 is 12.2 Å². The fraction of sp³-hybridized carbons (Fsp3) is 0.545. The van der Waals surface area contributed by atoms with Gasteiger partial charge in [-0.15, -0.1) is 0 Å². The number of fused-ring (bicyclic) bond motifs is 1. The molecular formula is C22H21F7N8O3. The number of imidazole rings is 1. The van der Waals surface area contributed by atoms with Crippen molar-refractivity contribution in [2.45, 2.75) is 62.8 Å². The highest BCUT2D eigenvalue weighted by atomic mass is 19.4. The van der Waals surface area contributed by atoms with Crippen LogP contribution < -0.4 is 10.6 Å². The van der Waals surface area contributed by atoms with Crippen molar-refractivity contribution in [3.63, 3.8) is 0 Å². The number of nitrogens with one attached hydrogen (secondary N) is 2. The zero-order valence-electron chi connectivity index (χ0n) is 20.3. The minimum Gasteiger partial charge on any atom is -0.342 e. The maximum Gasteiger partial charge on any atom is 0.410 e. The van der Waals surface area contributed by atoms with Gasteiger partial charge in [0, 0.05) is 19.4 Å². The zero-order valence-corrected chi connectivity index (χ0v) is 20.3. The van der Waals surface area contributed by atoms with Crippen LogP contribution in [-0.2, 0) is 6.54 Å². The lowest BCUT2D eigenvalue weighted by atomic mass is 9.81. The summed E-state index contributed by atoms with van der Waals surface area (Å²) < 4.78 is 98.6. The Morgan fingerprint density at radius 2 is 1.95 bits per heavy atom. The lowest BCUT2D eigenvalue weighted by Crippen LogP contribution is -2.40.